The topological polar surface area (TPSA) is 61.0 Å². The van der Waals surface area contributed by atoms with Crippen molar-refractivity contribution in [2.75, 3.05) is 6.61 Å². The van der Waals surface area contributed by atoms with Gasteiger partial charge in [-0.2, -0.15) is 0 Å². The van der Waals surface area contributed by atoms with E-state index in [2.05, 4.69) is 9.97 Å². The van der Waals surface area contributed by atoms with Crippen LogP contribution in [-0.2, 0) is 0 Å². The first kappa shape index (κ1) is 21.1. The Labute approximate surface area is 155 Å². The first-order chi connectivity index (χ1) is 12.6. The van der Waals surface area contributed by atoms with Crippen LogP contribution in [0.2, 0.25) is 0 Å². The molecule has 0 aliphatic rings. The number of alkyl halides is 4. The molecule has 148 valence electrons. The Morgan fingerprint density at radius 2 is 1.78 bits per heavy atom. The predicted molar refractivity (Wildman–Crippen MR) is 94.9 cm³/mol. The summed E-state index contributed by atoms with van der Waals surface area (Å²) >= 11 is 0. The number of ether oxygens (including phenoxy) is 1. The average Bonchev–Trinajstić information content (AvgIpc) is 2.58. The van der Waals surface area contributed by atoms with Crippen LogP contribution in [0.1, 0.15) is 51.3 Å². The molecule has 0 aromatic carbocycles. The summed E-state index contributed by atoms with van der Waals surface area (Å²) in [6.07, 6.45) is -2.42. The fraction of sp³-hybridized carbons (Fsp3) is 0.474. The molecule has 0 unspecified atom stereocenters. The molecule has 0 aliphatic carbocycles. The van der Waals surface area contributed by atoms with Crippen molar-refractivity contribution < 1.29 is 22.3 Å². The van der Waals surface area contributed by atoms with Gasteiger partial charge in [-0.3, -0.25) is 4.98 Å². The largest absolute Gasteiger partial charge is 0.475 e. The maximum absolute atomic E-state index is 13.5. The van der Waals surface area contributed by atoms with Crippen LogP contribution in [0.5, 0.6) is 5.88 Å². The van der Waals surface area contributed by atoms with Gasteiger partial charge in [0, 0.05) is 23.5 Å². The highest BCUT2D eigenvalue weighted by Gasteiger charge is 2.24. The molecule has 0 aliphatic heterocycles. The maximum Gasteiger partial charge on any atom is 0.280 e. The fourth-order valence-electron chi connectivity index (χ4n) is 2.88. The van der Waals surface area contributed by atoms with Gasteiger partial charge >= 0.3 is 0 Å². The van der Waals surface area contributed by atoms with Crippen molar-refractivity contribution in [2.24, 2.45) is 11.7 Å². The average molecular weight is 385 g/mol. The zero-order chi connectivity index (χ0) is 20.2. The van der Waals surface area contributed by atoms with Crippen LogP contribution >= 0.6 is 0 Å². The zero-order valence-electron chi connectivity index (χ0n) is 15.4. The molecule has 0 spiro atoms. The molecule has 1 atom stereocenters. The normalized spacial score (nSPS) is 14.0. The second-order valence-electron chi connectivity index (χ2n) is 7.23. The van der Waals surface area contributed by atoms with Crippen molar-refractivity contribution in [1.29, 1.82) is 0 Å². The van der Waals surface area contributed by atoms with E-state index in [0.29, 0.717) is 17.9 Å². The lowest BCUT2D eigenvalue weighted by Gasteiger charge is -2.26. The quantitative estimate of drug-likeness (QED) is 0.638. The monoisotopic (exact) mass is 385 g/mol. The zero-order valence-corrected chi connectivity index (χ0v) is 15.4. The lowest BCUT2D eigenvalue weighted by molar-refractivity contribution is 0.137. The molecule has 0 bridgehead atoms. The van der Waals surface area contributed by atoms with Crippen LogP contribution in [0.3, 0.4) is 0 Å². The van der Waals surface area contributed by atoms with Crippen LogP contribution in [-0.4, -0.2) is 22.1 Å². The van der Waals surface area contributed by atoms with Gasteiger partial charge in [-0.15, -0.1) is 0 Å². The van der Waals surface area contributed by atoms with E-state index in [9.17, 15) is 17.6 Å². The number of halogens is 4. The van der Waals surface area contributed by atoms with Crippen molar-refractivity contribution in [1.82, 2.24) is 9.97 Å². The summed E-state index contributed by atoms with van der Waals surface area (Å²) in [4.78, 5) is 7.53. The van der Waals surface area contributed by atoms with E-state index >= 15 is 0 Å². The minimum atomic E-state index is -2.84. The second kappa shape index (κ2) is 8.65. The highest BCUT2D eigenvalue weighted by Crippen LogP contribution is 2.32. The van der Waals surface area contributed by atoms with Gasteiger partial charge in [0.1, 0.15) is 12.3 Å². The molecule has 2 rings (SSSR count). The van der Waals surface area contributed by atoms with E-state index in [1.165, 1.54) is 24.5 Å². The molecule has 0 radical (unpaired) electrons. The number of hydrogen-bond acceptors (Lipinski definition) is 4. The SMILES string of the molecule is CC(C)C[C@](C)(N)COc1ncc(-c2ccnc(C(F)F)c2)cc1C(F)F. The molecule has 2 N–H and O–H groups in total. The summed E-state index contributed by atoms with van der Waals surface area (Å²) in [6, 6.07) is 3.79. The molecule has 2 aromatic rings. The van der Waals surface area contributed by atoms with Crippen LogP contribution in [0.25, 0.3) is 11.1 Å². The molecule has 0 saturated heterocycles. The second-order valence-corrected chi connectivity index (χ2v) is 7.23. The number of pyridine rings is 2. The van der Waals surface area contributed by atoms with Gasteiger partial charge in [0.15, 0.2) is 0 Å². The van der Waals surface area contributed by atoms with Crippen LogP contribution in [0.4, 0.5) is 17.6 Å². The van der Waals surface area contributed by atoms with E-state index in [1.54, 1.807) is 6.92 Å². The van der Waals surface area contributed by atoms with Crippen molar-refractivity contribution >= 4 is 0 Å². The Bertz CT molecular complexity index is 766. The van der Waals surface area contributed by atoms with Crippen molar-refractivity contribution in [3.05, 3.63) is 41.9 Å². The third-order valence-electron chi connectivity index (χ3n) is 3.87. The summed E-state index contributed by atoms with van der Waals surface area (Å²) in [5.74, 6) is 0.113. The highest BCUT2D eigenvalue weighted by atomic mass is 19.3. The van der Waals surface area contributed by atoms with Crippen molar-refractivity contribution in [3.8, 4) is 17.0 Å². The number of rotatable bonds is 8. The van der Waals surface area contributed by atoms with E-state index in [4.69, 9.17) is 10.5 Å². The summed E-state index contributed by atoms with van der Waals surface area (Å²) in [6.45, 7) is 5.82. The van der Waals surface area contributed by atoms with E-state index in [0.717, 1.165) is 6.07 Å². The number of nitrogens with two attached hydrogens (primary N) is 1. The Hall–Kier alpha value is -2.22. The summed E-state index contributed by atoms with van der Waals surface area (Å²) in [7, 11) is 0. The molecule has 27 heavy (non-hydrogen) atoms. The lowest BCUT2D eigenvalue weighted by atomic mass is 9.93. The molecule has 2 heterocycles. The van der Waals surface area contributed by atoms with Crippen LogP contribution in [0, 0.1) is 5.92 Å². The highest BCUT2D eigenvalue weighted by molar-refractivity contribution is 5.64. The van der Waals surface area contributed by atoms with Gasteiger partial charge in [-0.05, 0) is 43.0 Å². The Kier molecular flexibility index (Phi) is 6.75. The van der Waals surface area contributed by atoms with Crippen molar-refractivity contribution in [2.45, 2.75) is 45.6 Å². The van der Waals surface area contributed by atoms with Gasteiger partial charge in [-0.25, -0.2) is 22.5 Å². The standard InChI is InChI=1S/C19H23F4N3O/c1-11(2)8-19(3,24)10-27-18-14(16(20)21)6-13(9-26-18)12-4-5-25-15(7-12)17(22)23/h4-7,9,11,16-17H,8,10,24H2,1-3H3/t19-/m0/s1. The molecular weight excluding hydrogens is 362 g/mol. The molecule has 2 aromatic heterocycles. The molecular formula is C19H23F4N3O. The minimum absolute atomic E-state index is 0.0298. The van der Waals surface area contributed by atoms with E-state index in [1.807, 2.05) is 13.8 Å². The fourth-order valence-corrected chi connectivity index (χ4v) is 2.88. The first-order valence-electron chi connectivity index (χ1n) is 8.53. The summed E-state index contributed by atoms with van der Waals surface area (Å²) in [5.41, 5.74) is 5.21. The molecule has 0 amide bonds. The van der Waals surface area contributed by atoms with Crippen molar-refractivity contribution in [3.63, 3.8) is 0 Å². The number of aromatic nitrogens is 2. The molecule has 4 nitrogen and oxygen atoms in total. The Morgan fingerprint density at radius 1 is 1.07 bits per heavy atom. The smallest absolute Gasteiger partial charge is 0.280 e. The molecule has 0 saturated carbocycles. The van der Waals surface area contributed by atoms with Gasteiger partial charge in [0.25, 0.3) is 12.9 Å². The van der Waals surface area contributed by atoms with Gasteiger partial charge in [0.05, 0.1) is 5.56 Å². The summed E-state index contributed by atoms with van der Waals surface area (Å²) < 4.78 is 58.0. The van der Waals surface area contributed by atoms with E-state index in [-0.39, 0.29) is 18.1 Å². The van der Waals surface area contributed by atoms with Crippen LogP contribution in [0.15, 0.2) is 30.6 Å². The van der Waals surface area contributed by atoms with Gasteiger partial charge in [-0.1, -0.05) is 13.8 Å². The third-order valence-corrected chi connectivity index (χ3v) is 3.87. The molecule has 8 heteroatoms. The minimum Gasteiger partial charge on any atom is -0.475 e. The summed E-state index contributed by atoms with van der Waals surface area (Å²) in [5, 5.41) is 0. The Balaban J connectivity index is 2.28. The maximum atomic E-state index is 13.5. The first-order valence-corrected chi connectivity index (χ1v) is 8.53. The lowest BCUT2D eigenvalue weighted by Crippen LogP contribution is -2.43. The number of hydrogen-bond donors (Lipinski definition) is 1. The Morgan fingerprint density at radius 3 is 2.37 bits per heavy atom. The van der Waals surface area contributed by atoms with Gasteiger partial charge < -0.3 is 10.5 Å². The molecule has 0 fully saturated rings. The number of nitrogens with zero attached hydrogens (tertiary/aromatic N) is 2. The van der Waals surface area contributed by atoms with Gasteiger partial charge in [0.2, 0.25) is 5.88 Å². The van der Waals surface area contributed by atoms with Crippen LogP contribution < -0.4 is 10.5 Å². The predicted octanol–water partition coefficient (Wildman–Crippen LogP) is 5.16. The van der Waals surface area contributed by atoms with E-state index < -0.39 is 29.6 Å². The third kappa shape index (κ3) is 5.89.